The van der Waals surface area contributed by atoms with Crippen molar-refractivity contribution in [3.05, 3.63) is 55.0 Å². The van der Waals surface area contributed by atoms with E-state index in [0.29, 0.717) is 5.65 Å². The summed E-state index contributed by atoms with van der Waals surface area (Å²) in [6, 6.07) is 10.2. The van der Waals surface area contributed by atoms with Crippen LogP contribution in [0.5, 0.6) is 0 Å². The summed E-state index contributed by atoms with van der Waals surface area (Å²) < 4.78 is 29.8. The van der Waals surface area contributed by atoms with Gasteiger partial charge in [-0.2, -0.15) is 0 Å². The van der Waals surface area contributed by atoms with Crippen molar-refractivity contribution < 1.29 is 13.0 Å². The number of rotatable bonds is 3. The predicted molar refractivity (Wildman–Crippen MR) is 93.1 cm³/mol. The third-order valence-corrected chi connectivity index (χ3v) is 5.84. The van der Waals surface area contributed by atoms with Crippen LogP contribution < -0.4 is 9.88 Å². The number of hydrogen-bond donors (Lipinski definition) is 1. The minimum Gasteiger partial charge on any atom is -0.370 e. The lowest BCUT2D eigenvalue weighted by atomic mass is 10.3. The molecule has 8 heteroatoms. The molecule has 4 aromatic rings. The Morgan fingerprint density at radius 3 is 2.64 bits per heavy atom. The molecule has 0 aliphatic rings. The highest BCUT2D eigenvalue weighted by Gasteiger charge is 2.28. The third kappa shape index (κ3) is 2.33. The van der Waals surface area contributed by atoms with Gasteiger partial charge in [-0.15, -0.1) is 5.10 Å². The number of aromatic nitrogens is 4. The van der Waals surface area contributed by atoms with E-state index in [0.717, 1.165) is 10.9 Å². The molecule has 126 valence electrons. The second-order valence-corrected chi connectivity index (χ2v) is 7.58. The van der Waals surface area contributed by atoms with E-state index in [-0.39, 0.29) is 15.6 Å². The summed E-state index contributed by atoms with van der Waals surface area (Å²) in [7, 11) is -0.195. The van der Waals surface area contributed by atoms with E-state index in [1.165, 1.54) is 0 Å². The van der Waals surface area contributed by atoms with Gasteiger partial charge in [0, 0.05) is 19.3 Å². The van der Waals surface area contributed by atoms with Crippen LogP contribution in [0.15, 0.2) is 64.8 Å². The molecule has 0 aliphatic heterocycles. The molecule has 0 saturated carbocycles. The largest absolute Gasteiger partial charge is 0.370 e. The first-order valence-corrected chi connectivity index (χ1v) is 9.15. The molecule has 4 rings (SSSR count). The molecule has 0 bridgehead atoms. The van der Waals surface area contributed by atoms with Crippen LogP contribution >= 0.6 is 0 Å². The van der Waals surface area contributed by atoms with Crippen LogP contribution in [0, 0.1) is 0 Å². The van der Waals surface area contributed by atoms with E-state index in [1.54, 1.807) is 48.1 Å². The number of benzene rings is 1. The third-order valence-electron chi connectivity index (χ3n) is 4.04. The number of nitrogens with zero attached hydrogens (tertiary/aromatic N) is 4. The van der Waals surface area contributed by atoms with Gasteiger partial charge in [0.15, 0.2) is 28.8 Å². The van der Waals surface area contributed by atoms with Crippen LogP contribution in [0.4, 0.5) is 5.82 Å². The first kappa shape index (κ1) is 15.5. The van der Waals surface area contributed by atoms with Crippen molar-refractivity contribution in [3.8, 4) is 0 Å². The maximum absolute atomic E-state index is 13.1. The molecule has 3 aromatic heterocycles. The van der Waals surface area contributed by atoms with Crippen LogP contribution in [-0.4, -0.2) is 30.1 Å². The Hall–Kier alpha value is -3.00. The molecule has 0 atom stereocenters. The first-order valence-electron chi connectivity index (χ1n) is 7.67. The minimum atomic E-state index is -3.76. The number of sulfone groups is 1. The predicted octanol–water partition coefficient (Wildman–Crippen LogP) is 1.58. The van der Waals surface area contributed by atoms with E-state index in [4.69, 9.17) is 0 Å². The summed E-state index contributed by atoms with van der Waals surface area (Å²) in [6.45, 7) is 0. The molecule has 0 amide bonds. The van der Waals surface area contributed by atoms with Gasteiger partial charge in [0.2, 0.25) is 9.84 Å². The second-order valence-electron chi connectivity index (χ2n) is 5.69. The highest BCUT2D eigenvalue weighted by Crippen LogP contribution is 2.31. The van der Waals surface area contributed by atoms with Crippen molar-refractivity contribution in [3.63, 3.8) is 0 Å². The quantitative estimate of drug-likeness (QED) is 0.565. The highest BCUT2D eigenvalue weighted by molar-refractivity contribution is 7.91. The zero-order valence-electron chi connectivity index (χ0n) is 13.7. The van der Waals surface area contributed by atoms with Crippen LogP contribution in [0.2, 0.25) is 0 Å². The average molecular weight is 354 g/mol. The normalized spacial score (nSPS) is 11.9. The second kappa shape index (κ2) is 5.52. The minimum absolute atomic E-state index is 0.0799. The van der Waals surface area contributed by atoms with E-state index in [2.05, 4.69) is 15.4 Å². The van der Waals surface area contributed by atoms with Crippen LogP contribution in [-0.2, 0) is 16.9 Å². The van der Waals surface area contributed by atoms with Gasteiger partial charge in [0.1, 0.15) is 7.05 Å². The Morgan fingerprint density at radius 2 is 1.92 bits per heavy atom. The number of aryl methyl sites for hydroxylation is 1. The Labute approximate surface area is 144 Å². The van der Waals surface area contributed by atoms with E-state index in [9.17, 15) is 8.42 Å². The smallest absolute Gasteiger partial charge is 0.214 e. The van der Waals surface area contributed by atoms with Crippen molar-refractivity contribution in [2.75, 3.05) is 12.4 Å². The van der Waals surface area contributed by atoms with E-state index >= 15 is 0 Å². The lowest BCUT2D eigenvalue weighted by Crippen LogP contribution is -2.26. The SMILES string of the molecule is CNc1nn2c(ncc3c[n+](C)ccc32)c1S(=O)(=O)c1ccccc1. The average Bonchev–Trinajstić information content (AvgIpc) is 3.02. The molecule has 0 aliphatic carbocycles. The molecular weight excluding hydrogens is 338 g/mol. The molecule has 7 nitrogen and oxygen atoms in total. The van der Waals surface area contributed by atoms with Gasteiger partial charge in [0.05, 0.1) is 15.8 Å². The molecule has 3 heterocycles. The lowest BCUT2D eigenvalue weighted by Gasteiger charge is -2.05. The maximum atomic E-state index is 13.1. The fourth-order valence-corrected chi connectivity index (χ4v) is 4.37. The molecule has 0 radical (unpaired) electrons. The standard InChI is InChI=1S/C17H16N5O2S/c1-18-16-15(25(23,24)13-6-4-3-5-7-13)17-19-10-12-11-21(2)9-8-14(12)22(17)20-16/h3-11H,1-2H3,(H,18,20)/q+1. The molecule has 1 N–H and O–H groups in total. The fourth-order valence-electron chi connectivity index (χ4n) is 2.84. The summed E-state index contributed by atoms with van der Waals surface area (Å²) in [5.74, 6) is 0.275. The zero-order valence-corrected chi connectivity index (χ0v) is 14.5. The zero-order chi connectivity index (χ0) is 17.6. The van der Waals surface area contributed by atoms with Crippen molar-refractivity contribution in [2.24, 2.45) is 7.05 Å². The Bertz CT molecular complexity index is 1200. The van der Waals surface area contributed by atoms with Gasteiger partial charge in [0.25, 0.3) is 0 Å². The topological polar surface area (TPSA) is 80.2 Å². The van der Waals surface area contributed by atoms with E-state index in [1.807, 2.05) is 30.1 Å². The number of fused-ring (bicyclic) bond motifs is 3. The molecular formula is C17H16N5O2S+. The van der Waals surface area contributed by atoms with Gasteiger partial charge >= 0.3 is 0 Å². The highest BCUT2D eigenvalue weighted by atomic mass is 32.2. The van der Waals surface area contributed by atoms with Gasteiger partial charge in [-0.25, -0.2) is 22.5 Å². The monoisotopic (exact) mass is 354 g/mol. The van der Waals surface area contributed by atoms with Crippen molar-refractivity contribution in [1.82, 2.24) is 14.6 Å². The van der Waals surface area contributed by atoms with Crippen molar-refractivity contribution in [1.29, 1.82) is 0 Å². The van der Waals surface area contributed by atoms with Gasteiger partial charge in [-0.3, -0.25) is 0 Å². The number of hydrogen-bond acceptors (Lipinski definition) is 5. The summed E-state index contributed by atoms with van der Waals surface area (Å²) in [4.78, 5) is 4.67. The summed E-state index contributed by atoms with van der Waals surface area (Å²) >= 11 is 0. The molecule has 0 fully saturated rings. The number of pyridine rings is 1. The molecule has 0 unspecified atom stereocenters. The number of nitrogens with one attached hydrogen (secondary N) is 1. The van der Waals surface area contributed by atoms with Gasteiger partial charge in [-0.1, -0.05) is 18.2 Å². The summed E-state index contributed by atoms with van der Waals surface area (Å²) in [5, 5.41) is 8.18. The van der Waals surface area contributed by atoms with Gasteiger partial charge < -0.3 is 5.32 Å². The Balaban J connectivity index is 2.09. The van der Waals surface area contributed by atoms with Crippen LogP contribution in [0.1, 0.15) is 0 Å². The van der Waals surface area contributed by atoms with Gasteiger partial charge in [-0.05, 0) is 12.1 Å². The molecule has 0 saturated heterocycles. The summed E-state index contributed by atoms with van der Waals surface area (Å²) in [5.41, 5.74) is 1.09. The maximum Gasteiger partial charge on any atom is 0.214 e. The van der Waals surface area contributed by atoms with Crippen LogP contribution in [0.25, 0.3) is 16.6 Å². The van der Waals surface area contributed by atoms with E-state index < -0.39 is 9.84 Å². The van der Waals surface area contributed by atoms with Crippen LogP contribution in [0.3, 0.4) is 0 Å². The fraction of sp³-hybridized carbons (Fsp3) is 0.118. The van der Waals surface area contributed by atoms with Crippen molar-refractivity contribution in [2.45, 2.75) is 9.79 Å². The molecule has 1 aromatic carbocycles. The lowest BCUT2D eigenvalue weighted by molar-refractivity contribution is -0.670. The Morgan fingerprint density at radius 1 is 1.16 bits per heavy atom. The molecule has 0 spiro atoms. The number of anilines is 1. The summed E-state index contributed by atoms with van der Waals surface area (Å²) in [6.07, 6.45) is 5.46. The Kier molecular flexibility index (Phi) is 3.43. The van der Waals surface area contributed by atoms with Crippen molar-refractivity contribution >= 4 is 32.2 Å². The first-order chi connectivity index (χ1) is 12.0. The molecule has 25 heavy (non-hydrogen) atoms.